The van der Waals surface area contributed by atoms with Gasteiger partial charge in [-0.05, 0) is 19.9 Å². The molecule has 0 fully saturated rings. The Morgan fingerprint density at radius 2 is 2.19 bits per heavy atom. The molecule has 1 aromatic carbocycles. The van der Waals surface area contributed by atoms with E-state index in [4.69, 9.17) is 4.84 Å². The molecule has 0 aliphatic carbocycles. The van der Waals surface area contributed by atoms with Crippen molar-refractivity contribution in [1.29, 1.82) is 0 Å². The SMILES string of the molecule is CC1(C)C[N+](=O)Oc2ccc([N+](=O)[O-])cc21. The van der Waals surface area contributed by atoms with Crippen molar-refractivity contribution in [2.45, 2.75) is 19.3 Å². The van der Waals surface area contributed by atoms with Gasteiger partial charge in [0, 0.05) is 17.7 Å². The Balaban J connectivity index is 2.57. The van der Waals surface area contributed by atoms with E-state index in [1.807, 2.05) is 13.8 Å². The minimum absolute atomic E-state index is 0.00905. The van der Waals surface area contributed by atoms with Crippen molar-refractivity contribution in [2.24, 2.45) is 0 Å². The first-order valence-electron chi connectivity index (χ1n) is 4.82. The molecule has 1 heterocycles. The fraction of sp³-hybridized carbons (Fsp3) is 0.400. The summed E-state index contributed by atoms with van der Waals surface area (Å²) in [6.07, 6.45) is 0. The first-order chi connectivity index (χ1) is 7.40. The van der Waals surface area contributed by atoms with E-state index in [1.165, 1.54) is 18.2 Å². The molecule has 0 bridgehead atoms. The summed E-state index contributed by atoms with van der Waals surface area (Å²) in [5.41, 5.74) is 0.241. The van der Waals surface area contributed by atoms with Crippen LogP contribution in [0, 0.1) is 15.0 Å². The van der Waals surface area contributed by atoms with Crippen LogP contribution in [0.15, 0.2) is 18.2 Å². The number of hydrogen-bond donors (Lipinski definition) is 0. The van der Waals surface area contributed by atoms with Crippen molar-refractivity contribution in [2.75, 3.05) is 6.54 Å². The van der Waals surface area contributed by atoms with E-state index in [0.717, 1.165) is 0 Å². The van der Waals surface area contributed by atoms with Crippen molar-refractivity contribution < 1.29 is 14.7 Å². The lowest BCUT2D eigenvalue weighted by atomic mass is 9.83. The predicted octanol–water partition coefficient (Wildman–Crippen LogP) is 1.96. The maximum absolute atomic E-state index is 11.2. The molecule has 1 aliphatic heterocycles. The number of rotatable bonds is 1. The smallest absolute Gasteiger partial charge is 0.258 e. The highest BCUT2D eigenvalue weighted by Crippen LogP contribution is 2.37. The summed E-state index contributed by atoms with van der Waals surface area (Å²) in [6.45, 7) is 3.85. The van der Waals surface area contributed by atoms with Gasteiger partial charge in [0.2, 0.25) is 10.7 Å². The highest BCUT2D eigenvalue weighted by atomic mass is 16.8. The molecule has 0 aromatic heterocycles. The molecular formula is C10H11N2O4+. The summed E-state index contributed by atoms with van der Waals surface area (Å²) < 4.78 is 0. The van der Waals surface area contributed by atoms with Gasteiger partial charge in [-0.2, -0.15) is 4.84 Å². The van der Waals surface area contributed by atoms with Gasteiger partial charge in [0.25, 0.3) is 12.2 Å². The van der Waals surface area contributed by atoms with Gasteiger partial charge in [0.1, 0.15) is 0 Å². The summed E-state index contributed by atoms with van der Waals surface area (Å²) in [5.74, 6) is 0.386. The van der Waals surface area contributed by atoms with Crippen molar-refractivity contribution in [3.8, 4) is 5.75 Å². The molecule has 0 spiro atoms. The van der Waals surface area contributed by atoms with E-state index in [2.05, 4.69) is 0 Å². The Morgan fingerprint density at radius 3 is 2.81 bits per heavy atom. The van der Waals surface area contributed by atoms with Crippen molar-refractivity contribution in [3.05, 3.63) is 38.8 Å². The van der Waals surface area contributed by atoms with Gasteiger partial charge in [-0.1, -0.05) is 0 Å². The second kappa shape index (κ2) is 3.26. The Kier molecular flexibility index (Phi) is 2.15. The third kappa shape index (κ3) is 1.62. The molecule has 0 atom stereocenters. The number of nitro groups is 1. The predicted molar refractivity (Wildman–Crippen MR) is 55.2 cm³/mol. The van der Waals surface area contributed by atoms with Crippen LogP contribution in [-0.4, -0.2) is 16.4 Å². The van der Waals surface area contributed by atoms with E-state index in [-0.39, 0.29) is 12.2 Å². The highest BCUT2D eigenvalue weighted by molar-refractivity contribution is 5.47. The molecule has 0 unspecified atom stereocenters. The average Bonchev–Trinajstić information content (AvgIpc) is 2.15. The molecule has 6 nitrogen and oxygen atoms in total. The van der Waals surface area contributed by atoms with Gasteiger partial charge in [-0.25, -0.2) is 0 Å². The number of nitro benzene ring substituents is 1. The summed E-state index contributed by atoms with van der Waals surface area (Å²) >= 11 is 0. The fourth-order valence-corrected chi connectivity index (χ4v) is 1.79. The quantitative estimate of drug-likeness (QED) is 0.538. The number of hydrogen-bond acceptors (Lipinski definition) is 4. The lowest BCUT2D eigenvalue weighted by Crippen LogP contribution is -2.36. The minimum atomic E-state index is -0.458. The van der Waals surface area contributed by atoms with E-state index >= 15 is 0 Å². The molecular weight excluding hydrogens is 212 g/mol. The Hall–Kier alpha value is -1.98. The van der Waals surface area contributed by atoms with Crippen LogP contribution in [0.4, 0.5) is 5.69 Å². The topological polar surface area (TPSA) is 72.5 Å². The van der Waals surface area contributed by atoms with Crippen LogP contribution in [0.5, 0.6) is 5.75 Å². The average molecular weight is 223 g/mol. The van der Waals surface area contributed by atoms with E-state index < -0.39 is 10.3 Å². The summed E-state index contributed by atoms with van der Waals surface area (Å²) in [4.78, 5) is 26.9. The van der Waals surface area contributed by atoms with E-state index in [0.29, 0.717) is 16.2 Å². The van der Waals surface area contributed by atoms with Crippen LogP contribution in [0.1, 0.15) is 19.4 Å². The maximum Gasteiger partial charge on any atom is 0.270 e. The third-order valence-electron chi connectivity index (χ3n) is 2.63. The summed E-state index contributed by atoms with van der Waals surface area (Å²) in [6, 6.07) is 4.25. The monoisotopic (exact) mass is 223 g/mol. The Bertz CT molecular complexity index is 482. The van der Waals surface area contributed by atoms with Crippen LogP contribution < -0.4 is 4.84 Å². The minimum Gasteiger partial charge on any atom is -0.258 e. The highest BCUT2D eigenvalue weighted by Gasteiger charge is 2.40. The number of fused-ring (bicyclic) bond motifs is 1. The zero-order valence-electron chi connectivity index (χ0n) is 8.97. The number of benzene rings is 1. The molecule has 1 aromatic rings. The Labute approximate surface area is 91.5 Å². The summed E-state index contributed by atoms with van der Waals surface area (Å²) in [7, 11) is 0. The van der Waals surface area contributed by atoms with Gasteiger partial charge >= 0.3 is 0 Å². The van der Waals surface area contributed by atoms with Gasteiger partial charge in [-0.3, -0.25) is 10.1 Å². The van der Waals surface area contributed by atoms with Crippen LogP contribution in [0.3, 0.4) is 0 Å². The molecule has 0 amide bonds. The fourth-order valence-electron chi connectivity index (χ4n) is 1.79. The third-order valence-corrected chi connectivity index (χ3v) is 2.63. The van der Waals surface area contributed by atoms with Gasteiger partial charge in [0.05, 0.1) is 15.2 Å². The van der Waals surface area contributed by atoms with Crippen LogP contribution in [-0.2, 0) is 5.41 Å². The molecule has 0 radical (unpaired) electrons. The second-order valence-electron chi connectivity index (χ2n) is 4.40. The summed E-state index contributed by atoms with van der Waals surface area (Å²) in [5, 5.41) is 10.7. The first kappa shape index (κ1) is 10.5. The van der Waals surface area contributed by atoms with E-state index in [1.54, 1.807) is 0 Å². The van der Waals surface area contributed by atoms with E-state index in [9.17, 15) is 15.0 Å². The van der Waals surface area contributed by atoms with Crippen LogP contribution in [0.25, 0.3) is 0 Å². The van der Waals surface area contributed by atoms with Crippen molar-refractivity contribution >= 4 is 5.69 Å². The lowest BCUT2D eigenvalue weighted by Gasteiger charge is -2.23. The molecule has 0 N–H and O–H groups in total. The second-order valence-corrected chi connectivity index (χ2v) is 4.40. The van der Waals surface area contributed by atoms with Gasteiger partial charge < -0.3 is 0 Å². The van der Waals surface area contributed by atoms with Gasteiger partial charge in [-0.15, -0.1) is 0 Å². The zero-order valence-corrected chi connectivity index (χ0v) is 8.97. The first-order valence-corrected chi connectivity index (χ1v) is 4.82. The molecule has 84 valence electrons. The van der Waals surface area contributed by atoms with Crippen LogP contribution >= 0.6 is 0 Å². The standard InChI is InChI=1S/C10H11N2O4/c1-10(2)6-11(13)16-9-4-3-7(12(14)15)5-8(9)10/h3-5H,6H2,1-2H3/q+1. The van der Waals surface area contributed by atoms with Crippen molar-refractivity contribution in [3.63, 3.8) is 0 Å². The van der Waals surface area contributed by atoms with Crippen molar-refractivity contribution in [1.82, 2.24) is 0 Å². The normalized spacial score (nSPS) is 17.5. The number of nitrogens with zero attached hydrogens (tertiary/aromatic N) is 2. The largest absolute Gasteiger partial charge is 0.270 e. The van der Waals surface area contributed by atoms with Gasteiger partial charge in [0.15, 0.2) is 0 Å². The number of non-ortho nitro benzene ring substituents is 1. The maximum atomic E-state index is 11.2. The molecule has 2 rings (SSSR count). The molecule has 0 saturated heterocycles. The zero-order chi connectivity index (χ0) is 11.9. The Morgan fingerprint density at radius 1 is 1.50 bits per heavy atom. The van der Waals surface area contributed by atoms with Crippen LogP contribution in [0.2, 0.25) is 0 Å². The molecule has 1 aliphatic rings. The lowest BCUT2D eigenvalue weighted by molar-refractivity contribution is -0.769. The molecule has 6 heteroatoms. The molecule has 16 heavy (non-hydrogen) atoms. The molecule has 0 saturated carbocycles.